The van der Waals surface area contributed by atoms with Gasteiger partial charge >= 0.3 is 10.4 Å². The molecule has 7 atom stereocenters. The van der Waals surface area contributed by atoms with E-state index in [1.165, 1.54) is 173 Å². The first-order chi connectivity index (χ1) is 30.0. The van der Waals surface area contributed by atoms with Crippen LogP contribution in [0.3, 0.4) is 0 Å². The molecule has 1 heterocycles. The number of rotatable bonds is 45. The van der Waals surface area contributed by atoms with E-state index >= 15 is 0 Å². The van der Waals surface area contributed by atoms with Gasteiger partial charge in [0.25, 0.3) is 0 Å². The van der Waals surface area contributed by atoms with Crippen molar-refractivity contribution in [3.8, 4) is 0 Å². The first-order valence-electron chi connectivity index (χ1n) is 25.9. The van der Waals surface area contributed by atoms with Crippen LogP contribution in [-0.2, 0) is 28.9 Å². The van der Waals surface area contributed by atoms with Crippen LogP contribution < -0.4 is 5.32 Å². The fourth-order valence-corrected chi connectivity index (χ4v) is 9.15. The van der Waals surface area contributed by atoms with Crippen molar-refractivity contribution in [2.24, 2.45) is 0 Å². The quantitative estimate of drug-likeness (QED) is 0.0252. The molecule has 0 bridgehead atoms. The lowest BCUT2D eigenvalue weighted by atomic mass is 9.99. The van der Waals surface area contributed by atoms with Gasteiger partial charge in [-0.05, 0) is 12.8 Å². The normalized spacial score (nSPS) is 20.4. The highest BCUT2D eigenvalue weighted by molar-refractivity contribution is 7.80. The predicted molar refractivity (Wildman–Crippen MR) is 250 cm³/mol. The third-order valence-corrected chi connectivity index (χ3v) is 13.1. The molecule has 0 aliphatic carbocycles. The molecule has 0 spiro atoms. The van der Waals surface area contributed by atoms with Crippen molar-refractivity contribution in [1.82, 2.24) is 5.32 Å². The zero-order valence-electron chi connectivity index (χ0n) is 39.7. The van der Waals surface area contributed by atoms with Gasteiger partial charge in [0.1, 0.15) is 24.4 Å². The Bertz CT molecular complexity index is 1120. The van der Waals surface area contributed by atoms with Crippen molar-refractivity contribution in [1.29, 1.82) is 0 Å². The number of carbonyl (C=O) groups excluding carboxylic acids is 1. The zero-order chi connectivity index (χ0) is 45.5. The van der Waals surface area contributed by atoms with E-state index in [1.807, 2.05) is 0 Å². The molecule has 12 nitrogen and oxygen atoms in total. The van der Waals surface area contributed by atoms with Crippen LogP contribution in [0.15, 0.2) is 0 Å². The second-order valence-corrected chi connectivity index (χ2v) is 19.5. The summed E-state index contributed by atoms with van der Waals surface area (Å²) in [7, 11) is -5.07. The first kappa shape index (κ1) is 59.1. The summed E-state index contributed by atoms with van der Waals surface area (Å²) in [5.74, 6) is -0.225. The summed E-state index contributed by atoms with van der Waals surface area (Å²) in [6, 6.07) is -0.851. The SMILES string of the molecule is CCCCCCCCCCCCCCCCCCCCCCCCC(=O)NC(COC1OC(CO)C(O)C(OS(=O)(=O)O)C1O)C(O)CCCCCCCCCCCCCCC. The van der Waals surface area contributed by atoms with Crippen molar-refractivity contribution >= 4 is 16.3 Å². The smallest absolute Gasteiger partial charge is 0.394 e. The van der Waals surface area contributed by atoms with E-state index in [-0.39, 0.29) is 12.5 Å². The maximum atomic E-state index is 13.1. The van der Waals surface area contributed by atoms with Crippen LogP contribution in [0.5, 0.6) is 0 Å². The maximum Gasteiger partial charge on any atom is 0.397 e. The van der Waals surface area contributed by atoms with Crippen LogP contribution in [-0.4, -0.2) is 95.4 Å². The Balaban J connectivity index is 2.37. The van der Waals surface area contributed by atoms with Gasteiger partial charge in [0, 0.05) is 6.42 Å². The van der Waals surface area contributed by atoms with Crippen LogP contribution in [0.2, 0.25) is 0 Å². The molecule has 7 unspecified atom stereocenters. The van der Waals surface area contributed by atoms with Gasteiger partial charge < -0.3 is 35.2 Å². The third kappa shape index (κ3) is 32.7. The minimum atomic E-state index is -5.07. The minimum absolute atomic E-state index is 0.225. The highest BCUT2D eigenvalue weighted by Gasteiger charge is 2.48. The van der Waals surface area contributed by atoms with Crippen LogP contribution in [0.25, 0.3) is 0 Å². The standard InChI is InChI=1S/C49H97NO11S/c1-3-5-7-9-11-13-15-17-18-19-20-21-22-23-24-25-27-29-31-33-35-37-39-45(53)50-42(43(52)38-36-34-32-30-28-26-16-14-12-10-8-6-4-2)41-59-49-47(55)48(61-62(56,57)58)46(54)44(40-51)60-49/h42-44,46-49,51-52,54-55H,3-41H2,1-2H3,(H,50,53)(H,56,57,58). The lowest BCUT2D eigenvalue weighted by molar-refractivity contribution is -0.298. The van der Waals surface area contributed by atoms with E-state index in [0.717, 1.165) is 51.4 Å². The van der Waals surface area contributed by atoms with Gasteiger partial charge in [0.2, 0.25) is 5.91 Å². The summed E-state index contributed by atoms with van der Waals surface area (Å²) in [5, 5.41) is 44.9. The molecule has 13 heteroatoms. The molecule has 1 amide bonds. The van der Waals surface area contributed by atoms with Crippen molar-refractivity contribution in [3.05, 3.63) is 0 Å². The number of amides is 1. The number of aliphatic hydroxyl groups is 4. The molecule has 6 N–H and O–H groups in total. The Morgan fingerprint density at radius 2 is 0.935 bits per heavy atom. The fraction of sp³-hybridized carbons (Fsp3) is 0.980. The molecule has 1 saturated heterocycles. The molecule has 0 saturated carbocycles. The highest BCUT2D eigenvalue weighted by atomic mass is 32.3. The Morgan fingerprint density at radius 3 is 1.29 bits per heavy atom. The highest BCUT2D eigenvalue weighted by Crippen LogP contribution is 2.26. The number of hydrogen-bond donors (Lipinski definition) is 6. The van der Waals surface area contributed by atoms with Crippen molar-refractivity contribution in [3.63, 3.8) is 0 Å². The Morgan fingerprint density at radius 1 is 0.581 bits per heavy atom. The maximum absolute atomic E-state index is 13.1. The van der Waals surface area contributed by atoms with E-state index in [9.17, 15) is 38.2 Å². The van der Waals surface area contributed by atoms with Gasteiger partial charge in [0.15, 0.2) is 6.29 Å². The molecule has 1 rings (SSSR count). The van der Waals surface area contributed by atoms with Gasteiger partial charge in [-0.1, -0.05) is 232 Å². The average Bonchev–Trinajstić information content (AvgIpc) is 3.24. The van der Waals surface area contributed by atoms with Crippen molar-refractivity contribution in [2.45, 2.75) is 294 Å². The Hall–Kier alpha value is -0.900. The largest absolute Gasteiger partial charge is 0.397 e. The number of unbranched alkanes of at least 4 members (excludes halogenated alkanes) is 33. The summed E-state index contributed by atoms with van der Waals surface area (Å²) in [5.41, 5.74) is 0. The van der Waals surface area contributed by atoms with Crippen LogP contribution >= 0.6 is 0 Å². The fourth-order valence-electron chi connectivity index (χ4n) is 8.64. The lowest BCUT2D eigenvalue weighted by Gasteiger charge is -2.41. The molecule has 0 aromatic heterocycles. The molecule has 1 aliphatic rings. The van der Waals surface area contributed by atoms with Crippen LogP contribution in [0.1, 0.15) is 251 Å². The molecule has 1 fully saturated rings. The molecule has 370 valence electrons. The van der Waals surface area contributed by atoms with Gasteiger partial charge in [0.05, 0.1) is 25.4 Å². The molecule has 1 aliphatic heterocycles. The first-order valence-corrected chi connectivity index (χ1v) is 27.3. The topological polar surface area (TPSA) is 192 Å². The molecular formula is C49H97NO11S. The monoisotopic (exact) mass is 908 g/mol. The molecular weight excluding hydrogens is 811 g/mol. The average molecular weight is 908 g/mol. The number of nitrogens with one attached hydrogen (secondary N) is 1. The minimum Gasteiger partial charge on any atom is -0.394 e. The van der Waals surface area contributed by atoms with Gasteiger partial charge in [-0.15, -0.1) is 0 Å². The van der Waals surface area contributed by atoms with E-state index in [4.69, 9.17) is 9.47 Å². The summed E-state index contributed by atoms with van der Waals surface area (Å²) in [6.07, 6.45) is 35.4. The summed E-state index contributed by atoms with van der Waals surface area (Å²) < 4.78 is 47.7. The Kier molecular flexibility index (Phi) is 38.5. The Labute approximate surface area is 379 Å². The summed E-state index contributed by atoms with van der Waals surface area (Å²) in [6.45, 7) is 3.47. The number of hydrogen-bond acceptors (Lipinski definition) is 10. The number of carbonyl (C=O) groups is 1. The second kappa shape index (κ2) is 40.4. The van der Waals surface area contributed by atoms with Gasteiger partial charge in [-0.2, -0.15) is 8.42 Å². The van der Waals surface area contributed by atoms with Crippen molar-refractivity contribution in [2.75, 3.05) is 13.2 Å². The summed E-state index contributed by atoms with van der Waals surface area (Å²) in [4.78, 5) is 13.1. The number of aliphatic hydroxyl groups excluding tert-OH is 4. The van der Waals surface area contributed by atoms with E-state index in [2.05, 4.69) is 23.3 Å². The van der Waals surface area contributed by atoms with Crippen LogP contribution in [0, 0.1) is 0 Å². The number of ether oxygens (including phenoxy) is 2. The summed E-state index contributed by atoms with van der Waals surface area (Å²) >= 11 is 0. The molecule has 0 aromatic carbocycles. The van der Waals surface area contributed by atoms with Crippen LogP contribution in [0.4, 0.5) is 0 Å². The predicted octanol–water partition coefficient (Wildman–Crippen LogP) is 10.9. The van der Waals surface area contributed by atoms with E-state index in [1.54, 1.807) is 0 Å². The zero-order valence-corrected chi connectivity index (χ0v) is 40.5. The molecule has 62 heavy (non-hydrogen) atoms. The van der Waals surface area contributed by atoms with Crippen molar-refractivity contribution < 1.29 is 51.8 Å². The van der Waals surface area contributed by atoms with Gasteiger partial charge in [-0.3, -0.25) is 9.35 Å². The van der Waals surface area contributed by atoms with E-state index < -0.39 is 59.9 Å². The molecule has 0 radical (unpaired) electrons. The van der Waals surface area contributed by atoms with Gasteiger partial charge in [-0.25, -0.2) is 4.18 Å². The lowest BCUT2D eigenvalue weighted by Crippen LogP contribution is -2.61. The second-order valence-electron chi connectivity index (χ2n) is 18.5. The molecule has 0 aromatic rings. The third-order valence-electron chi connectivity index (χ3n) is 12.7. The van der Waals surface area contributed by atoms with E-state index in [0.29, 0.717) is 12.8 Å².